The Bertz CT molecular complexity index is 109. The minimum atomic E-state index is -0.340. The van der Waals surface area contributed by atoms with Gasteiger partial charge in [-0.05, 0) is 6.92 Å². The molecule has 2 nitrogen and oxygen atoms in total. The molecule has 0 aromatic heterocycles. The summed E-state index contributed by atoms with van der Waals surface area (Å²) >= 11 is 0. The number of ether oxygens (including phenoxy) is 2. The summed E-state index contributed by atoms with van der Waals surface area (Å²) in [6.07, 6.45) is 0. The van der Waals surface area contributed by atoms with E-state index in [9.17, 15) is 0 Å². The van der Waals surface area contributed by atoms with Crippen LogP contribution >= 0.6 is 0 Å². The molecule has 2 heteroatoms. The number of hydrogen-bond donors (Lipinski definition) is 0. The predicted octanol–water partition coefficient (Wildman–Crippen LogP) is 1.75. The lowest BCUT2D eigenvalue weighted by molar-refractivity contribution is -0.424. The van der Waals surface area contributed by atoms with Crippen LogP contribution in [0.25, 0.3) is 0 Å². The van der Waals surface area contributed by atoms with E-state index in [4.69, 9.17) is 9.47 Å². The summed E-state index contributed by atoms with van der Waals surface area (Å²) in [7, 11) is 0. The zero-order valence-corrected chi connectivity index (χ0v) is 6.52. The summed E-state index contributed by atoms with van der Waals surface area (Å²) in [6.45, 7) is 8.73. The van der Waals surface area contributed by atoms with E-state index in [-0.39, 0.29) is 11.2 Å². The van der Waals surface area contributed by atoms with Gasteiger partial charge in [0.15, 0.2) is 12.6 Å². The fraction of sp³-hybridized carbons (Fsp3) is 1.00. The molecular formula is C7H14O2. The van der Waals surface area contributed by atoms with E-state index in [0.29, 0.717) is 6.79 Å². The van der Waals surface area contributed by atoms with Crippen molar-refractivity contribution >= 4 is 0 Å². The molecule has 0 radical (unpaired) electrons. The maximum atomic E-state index is 5.26. The van der Waals surface area contributed by atoms with Gasteiger partial charge in [-0.3, -0.25) is 0 Å². The van der Waals surface area contributed by atoms with Crippen molar-refractivity contribution in [3.05, 3.63) is 0 Å². The van der Waals surface area contributed by atoms with Crippen molar-refractivity contribution in [2.45, 2.75) is 33.5 Å². The molecule has 1 saturated heterocycles. The Morgan fingerprint density at radius 1 is 1.22 bits per heavy atom. The lowest BCUT2D eigenvalue weighted by Gasteiger charge is -2.47. The van der Waals surface area contributed by atoms with Crippen molar-refractivity contribution in [1.29, 1.82) is 0 Å². The Hall–Kier alpha value is -0.0800. The zero-order valence-electron chi connectivity index (χ0n) is 6.52. The van der Waals surface area contributed by atoms with E-state index < -0.39 is 0 Å². The van der Waals surface area contributed by atoms with E-state index in [0.717, 1.165) is 0 Å². The van der Waals surface area contributed by atoms with E-state index >= 15 is 0 Å². The molecule has 1 aliphatic rings. The lowest BCUT2D eigenvalue weighted by atomic mass is 9.86. The summed E-state index contributed by atoms with van der Waals surface area (Å²) in [6, 6.07) is 0. The van der Waals surface area contributed by atoms with Crippen LogP contribution in [0.5, 0.6) is 0 Å². The van der Waals surface area contributed by atoms with Gasteiger partial charge >= 0.3 is 0 Å². The molecule has 0 bridgehead atoms. The molecule has 0 atom stereocenters. The molecule has 0 aromatic rings. The standard InChI is InChI=1S/C7H14O2/c1-6(2,3)7(4)8-5-9-7/h5H2,1-4H3. The van der Waals surface area contributed by atoms with Gasteiger partial charge < -0.3 is 9.47 Å². The van der Waals surface area contributed by atoms with Crippen LogP contribution in [0.4, 0.5) is 0 Å². The second-order valence-corrected chi connectivity index (χ2v) is 3.60. The van der Waals surface area contributed by atoms with Crippen LogP contribution in [0, 0.1) is 5.41 Å². The minimum Gasteiger partial charge on any atom is -0.323 e. The fourth-order valence-corrected chi connectivity index (χ4v) is 0.669. The van der Waals surface area contributed by atoms with Gasteiger partial charge in [-0.2, -0.15) is 0 Å². The molecule has 0 spiro atoms. The molecule has 0 N–H and O–H groups in total. The Kier molecular flexibility index (Phi) is 1.33. The third-order valence-electron chi connectivity index (χ3n) is 2.03. The summed E-state index contributed by atoms with van der Waals surface area (Å²) in [5, 5.41) is 0. The highest BCUT2D eigenvalue weighted by molar-refractivity contribution is 4.82. The van der Waals surface area contributed by atoms with Crippen molar-refractivity contribution in [3.63, 3.8) is 0 Å². The molecule has 0 saturated carbocycles. The molecule has 0 unspecified atom stereocenters. The first kappa shape index (κ1) is 7.03. The summed E-state index contributed by atoms with van der Waals surface area (Å²) < 4.78 is 10.5. The Morgan fingerprint density at radius 2 is 1.67 bits per heavy atom. The molecule has 1 heterocycles. The van der Waals surface area contributed by atoms with Gasteiger partial charge in [-0.25, -0.2) is 0 Å². The third kappa shape index (κ3) is 0.970. The van der Waals surface area contributed by atoms with Crippen LogP contribution in [-0.2, 0) is 9.47 Å². The summed E-state index contributed by atoms with van der Waals surface area (Å²) in [4.78, 5) is 0. The molecular weight excluding hydrogens is 116 g/mol. The second kappa shape index (κ2) is 1.70. The Morgan fingerprint density at radius 3 is 1.67 bits per heavy atom. The van der Waals surface area contributed by atoms with E-state index in [1.54, 1.807) is 0 Å². The normalized spacial score (nSPS) is 25.3. The molecule has 9 heavy (non-hydrogen) atoms. The molecule has 0 amide bonds. The van der Waals surface area contributed by atoms with Gasteiger partial charge in [-0.1, -0.05) is 20.8 Å². The van der Waals surface area contributed by atoms with E-state index in [1.165, 1.54) is 0 Å². The number of hydrogen-bond acceptors (Lipinski definition) is 2. The van der Waals surface area contributed by atoms with Gasteiger partial charge in [0.2, 0.25) is 0 Å². The second-order valence-electron chi connectivity index (χ2n) is 3.60. The van der Waals surface area contributed by atoms with Gasteiger partial charge in [0, 0.05) is 5.41 Å². The molecule has 1 fully saturated rings. The van der Waals surface area contributed by atoms with Crippen LogP contribution in [0.1, 0.15) is 27.7 Å². The largest absolute Gasteiger partial charge is 0.323 e. The van der Waals surface area contributed by atoms with Gasteiger partial charge in [0.1, 0.15) is 0 Å². The van der Waals surface area contributed by atoms with Crippen molar-refractivity contribution < 1.29 is 9.47 Å². The third-order valence-corrected chi connectivity index (χ3v) is 2.03. The fourth-order valence-electron chi connectivity index (χ4n) is 0.669. The number of rotatable bonds is 0. The smallest absolute Gasteiger partial charge is 0.175 e. The Labute approximate surface area is 56.2 Å². The monoisotopic (exact) mass is 130 g/mol. The van der Waals surface area contributed by atoms with Crippen molar-refractivity contribution in [3.8, 4) is 0 Å². The SMILES string of the molecule is CC(C)(C)C1(C)OCO1. The van der Waals surface area contributed by atoms with Crippen LogP contribution < -0.4 is 0 Å². The lowest BCUT2D eigenvalue weighted by Crippen LogP contribution is -2.53. The molecule has 54 valence electrons. The quantitative estimate of drug-likeness (QED) is 0.497. The first-order valence-electron chi connectivity index (χ1n) is 3.24. The van der Waals surface area contributed by atoms with Crippen LogP contribution in [0.3, 0.4) is 0 Å². The predicted molar refractivity (Wildman–Crippen MR) is 34.9 cm³/mol. The van der Waals surface area contributed by atoms with Crippen LogP contribution in [-0.4, -0.2) is 12.6 Å². The summed E-state index contributed by atoms with van der Waals surface area (Å²) in [5.41, 5.74) is 0.0885. The molecule has 1 aliphatic heterocycles. The minimum absolute atomic E-state index is 0.0885. The summed E-state index contributed by atoms with van der Waals surface area (Å²) in [5.74, 6) is -0.340. The first-order chi connectivity index (χ1) is 3.96. The van der Waals surface area contributed by atoms with E-state index in [1.807, 2.05) is 6.92 Å². The highest BCUT2D eigenvalue weighted by atomic mass is 16.9. The maximum absolute atomic E-state index is 5.26. The van der Waals surface area contributed by atoms with E-state index in [2.05, 4.69) is 20.8 Å². The van der Waals surface area contributed by atoms with Crippen molar-refractivity contribution in [2.24, 2.45) is 5.41 Å². The average molecular weight is 130 g/mol. The van der Waals surface area contributed by atoms with Crippen molar-refractivity contribution in [2.75, 3.05) is 6.79 Å². The highest BCUT2D eigenvalue weighted by Crippen LogP contribution is 2.39. The Balaban J connectivity index is 2.59. The van der Waals surface area contributed by atoms with Gasteiger partial charge in [0.05, 0.1) is 0 Å². The maximum Gasteiger partial charge on any atom is 0.175 e. The highest BCUT2D eigenvalue weighted by Gasteiger charge is 2.45. The average Bonchev–Trinajstić information content (AvgIpc) is 1.57. The molecule has 0 aromatic carbocycles. The molecule has 1 rings (SSSR count). The van der Waals surface area contributed by atoms with Gasteiger partial charge in [-0.15, -0.1) is 0 Å². The molecule has 0 aliphatic carbocycles. The topological polar surface area (TPSA) is 18.5 Å². The van der Waals surface area contributed by atoms with Crippen LogP contribution in [0.2, 0.25) is 0 Å². The van der Waals surface area contributed by atoms with Crippen molar-refractivity contribution in [1.82, 2.24) is 0 Å². The van der Waals surface area contributed by atoms with Gasteiger partial charge in [0.25, 0.3) is 0 Å². The van der Waals surface area contributed by atoms with Crippen LogP contribution in [0.15, 0.2) is 0 Å². The first-order valence-corrected chi connectivity index (χ1v) is 3.24. The zero-order chi connectivity index (χ0) is 7.12.